The van der Waals surface area contributed by atoms with Crippen LogP contribution in [0.3, 0.4) is 0 Å². The summed E-state index contributed by atoms with van der Waals surface area (Å²) in [5, 5.41) is 2.87. The Hall–Kier alpha value is -1.36. The van der Waals surface area contributed by atoms with Gasteiger partial charge in [-0.25, -0.2) is 0 Å². The van der Waals surface area contributed by atoms with Crippen molar-refractivity contribution >= 4 is 5.82 Å². The third kappa shape index (κ3) is 3.25. The van der Waals surface area contributed by atoms with Gasteiger partial charge in [0.2, 0.25) is 5.88 Å². The van der Waals surface area contributed by atoms with E-state index in [4.69, 9.17) is 9.47 Å². The van der Waals surface area contributed by atoms with Gasteiger partial charge in [-0.1, -0.05) is 0 Å². The molecule has 0 aliphatic heterocycles. The lowest BCUT2D eigenvalue weighted by atomic mass is 10.6. The molecule has 1 N–H and O–H groups in total. The van der Waals surface area contributed by atoms with Crippen molar-refractivity contribution in [2.45, 2.75) is 0 Å². The van der Waals surface area contributed by atoms with Gasteiger partial charge in [-0.2, -0.15) is 4.98 Å². The van der Waals surface area contributed by atoms with Gasteiger partial charge in [0.15, 0.2) is 0 Å². The Balaban J connectivity index is 2.46. The van der Waals surface area contributed by atoms with Gasteiger partial charge < -0.3 is 14.8 Å². The zero-order valence-electron chi connectivity index (χ0n) is 7.78. The molecular weight excluding hydrogens is 170 g/mol. The van der Waals surface area contributed by atoms with E-state index in [2.05, 4.69) is 15.3 Å². The minimum atomic E-state index is 0.484. The van der Waals surface area contributed by atoms with E-state index in [0.29, 0.717) is 24.9 Å². The number of ether oxygens (including phenoxy) is 2. The van der Waals surface area contributed by atoms with Crippen LogP contribution in [0.4, 0.5) is 5.82 Å². The second kappa shape index (κ2) is 5.31. The predicted molar refractivity (Wildman–Crippen MR) is 48.9 cm³/mol. The van der Waals surface area contributed by atoms with Gasteiger partial charge in [0.25, 0.3) is 0 Å². The van der Waals surface area contributed by atoms with Crippen LogP contribution < -0.4 is 10.1 Å². The van der Waals surface area contributed by atoms with Crippen molar-refractivity contribution < 1.29 is 9.47 Å². The average Bonchev–Trinajstić information content (AvgIpc) is 2.19. The number of methoxy groups -OCH3 is 1. The van der Waals surface area contributed by atoms with Gasteiger partial charge >= 0.3 is 0 Å². The van der Waals surface area contributed by atoms with Crippen molar-refractivity contribution in [1.82, 2.24) is 9.97 Å². The Bertz CT molecular complexity index is 255. The molecule has 0 aliphatic rings. The molecule has 5 nitrogen and oxygen atoms in total. The summed E-state index contributed by atoms with van der Waals surface area (Å²) < 4.78 is 10.1. The third-order valence-corrected chi connectivity index (χ3v) is 1.41. The van der Waals surface area contributed by atoms with E-state index < -0.39 is 0 Å². The van der Waals surface area contributed by atoms with E-state index in [-0.39, 0.29) is 0 Å². The number of anilines is 1. The van der Waals surface area contributed by atoms with Gasteiger partial charge in [-0.3, -0.25) is 4.98 Å². The standard InChI is InChI=1S/C8H13N3O2/c1-9-7-5-10-6-8(11-7)13-4-3-12-2/h5-6H,3-4H2,1-2H3,(H,9,11). The van der Waals surface area contributed by atoms with Crippen molar-refractivity contribution in [2.24, 2.45) is 0 Å². The van der Waals surface area contributed by atoms with E-state index in [1.54, 1.807) is 26.6 Å². The predicted octanol–water partition coefficient (Wildman–Crippen LogP) is 0.543. The first-order valence-electron chi connectivity index (χ1n) is 3.98. The molecule has 0 amide bonds. The number of hydrogen-bond donors (Lipinski definition) is 1. The molecule has 0 spiro atoms. The molecule has 0 aliphatic carbocycles. The van der Waals surface area contributed by atoms with Crippen LogP contribution in [-0.4, -0.2) is 37.3 Å². The Kier molecular flexibility index (Phi) is 3.98. The molecule has 0 atom stereocenters. The van der Waals surface area contributed by atoms with Crippen LogP contribution in [0, 0.1) is 0 Å². The van der Waals surface area contributed by atoms with E-state index >= 15 is 0 Å². The van der Waals surface area contributed by atoms with Crippen LogP contribution in [0.2, 0.25) is 0 Å². The summed E-state index contributed by atoms with van der Waals surface area (Å²) in [5.74, 6) is 1.19. The molecule has 1 heterocycles. The molecule has 0 radical (unpaired) electrons. The normalized spacial score (nSPS) is 9.69. The maximum absolute atomic E-state index is 5.25. The fourth-order valence-electron chi connectivity index (χ4n) is 0.768. The number of hydrogen-bond acceptors (Lipinski definition) is 5. The lowest BCUT2D eigenvalue weighted by Gasteiger charge is -2.04. The first-order chi connectivity index (χ1) is 6.36. The molecule has 0 saturated carbocycles. The van der Waals surface area contributed by atoms with Crippen LogP contribution >= 0.6 is 0 Å². The van der Waals surface area contributed by atoms with Crippen LogP contribution in [0.15, 0.2) is 12.4 Å². The lowest BCUT2D eigenvalue weighted by Crippen LogP contribution is -2.06. The fraction of sp³-hybridized carbons (Fsp3) is 0.500. The van der Waals surface area contributed by atoms with Crippen LogP contribution in [-0.2, 0) is 4.74 Å². The zero-order valence-corrected chi connectivity index (χ0v) is 7.78. The van der Waals surface area contributed by atoms with Gasteiger partial charge in [0.1, 0.15) is 12.4 Å². The molecular formula is C8H13N3O2. The first-order valence-corrected chi connectivity index (χ1v) is 3.98. The summed E-state index contributed by atoms with van der Waals surface area (Å²) in [5.41, 5.74) is 0. The number of nitrogens with one attached hydrogen (secondary N) is 1. The van der Waals surface area contributed by atoms with E-state index in [1.807, 2.05) is 0 Å². The number of rotatable bonds is 5. The molecule has 0 unspecified atom stereocenters. The molecule has 0 fully saturated rings. The van der Waals surface area contributed by atoms with Crippen molar-refractivity contribution in [1.29, 1.82) is 0 Å². The monoisotopic (exact) mass is 183 g/mol. The number of nitrogens with zero attached hydrogens (tertiary/aromatic N) is 2. The maximum atomic E-state index is 5.25. The Labute approximate surface area is 77.1 Å². The maximum Gasteiger partial charge on any atom is 0.234 e. The third-order valence-electron chi connectivity index (χ3n) is 1.41. The molecule has 0 aromatic carbocycles. The highest BCUT2D eigenvalue weighted by Crippen LogP contribution is 2.07. The van der Waals surface area contributed by atoms with Crippen molar-refractivity contribution in [3.8, 4) is 5.88 Å². The van der Waals surface area contributed by atoms with E-state index in [9.17, 15) is 0 Å². The summed E-state index contributed by atoms with van der Waals surface area (Å²) in [6, 6.07) is 0. The minimum Gasteiger partial charge on any atom is -0.474 e. The molecule has 72 valence electrons. The average molecular weight is 183 g/mol. The SMILES string of the molecule is CNc1cncc(OCCOC)n1. The van der Waals surface area contributed by atoms with Gasteiger partial charge in [0.05, 0.1) is 19.0 Å². The van der Waals surface area contributed by atoms with E-state index in [1.165, 1.54) is 0 Å². The Morgan fingerprint density at radius 2 is 2.23 bits per heavy atom. The van der Waals surface area contributed by atoms with Gasteiger partial charge in [-0.15, -0.1) is 0 Å². The molecule has 1 rings (SSSR count). The molecule has 5 heteroatoms. The largest absolute Gasteiger partial charge is 0.474 e. The van der Waals surface area contributed by atoms with Crippen molar-refractivity contribution in [3.05, 3.63) is 12.4 Å². The smallest absolute Gasteiger partial charge is 0.234 e. The summed E-state index contributed by atoms with van der Waals surface area (Å²) in [7, 11) is 3.40. The van der Waals surface area contributed by atoms with Gasteiger partial charge in [0, 0.05) is 14.2 Å². The molecule has 0 saturated heterocycles. The zero-order chi connectivity index (χ0) is 9.52. The fourth-order valence-corrected chi connectivity index (χ4v) is 0.768. The van der Waals surface area contributed by atoms with Crippen molar-refractivity contribution in [2.75, 3.05) is 32.7 Å². The van der Waals surface area contributed by atoms with E-state index in [0.717, 1.165) is 0 Å². The van der Waals surface area contributed by atoms with Crippen molar-refractivity contribution in [3.63, 3.8) is 0 Å². The van der Waals surface area contributed by atoms with Crippen LogP contribution in [0.5, 0.6) is 5.88 Å². The van der Waals surface area contributed by atoms with Crippen LogP contribution in [0.25, 0.3) is 0 Å². The highest BCUT2D eigenvalue weighted by atomic mass is 16.5. The quantitative estimate of drug-likeness (QED) is 0.675. The summed E-state index contributed by atoms with van der Waals surface area (Å²) in [6.45, 7) is 1.03. The van der Waals surface area contributed by atoms with Crippen LogP contribution in [0.1, 0.15) is 0 Å². The summed E-state index contributed by atoms with van der Waals surface area (Å²) >= 11 is 0. The minimum absolute atomic E-state index is 0.484. The Morgan fingerprint density at radius 1 is 1.38 bits per heavy atom. The molecule has 1 aromatic heterocycles. The highest BCUT2D eigenvalue weighted by Gasteiger charge is 1.96. The number of aromatic nitrogens is 2. The topological polar surface area (TPSA) is 56.3 Å². The first kappa shape index (κ1) is 9.73. The Morgan fingerprint density at radius 3 is 2.92 bits per heavy atom. The molecule has 0 bridgehead atoms. The highest BCUT2D eigenvalue weighted by molar-refractivity contribution is 5.31. The summed E-state index contributed by atoms with van der Waals surface area (Å²) in [4.78, 5) is 8.06. The molecule has 1 aromatic rings. The lowest BCUT2D eigenvalue weighted by molar-refractivity contribution is 0.143. The molecule has 13 heavy (non-hydrogen) atoms. The summed E-state index contributed by atoms with van der Waals surface area (Å²) in [6.07, 6.45) is 3.19. The second-order valence-corrected chi connectivity index (χ2v) is 2.33. The second-order valence-electron chi connectivity index (χ2n) is 2.33. The van der Waals surface area contributed by atoms with Gasteiger partial charge in [-0.05, 0) is 0 Å².